The van der Waals surface area contributed by atoms with Gasteiger partial charge in [0.25, 0.3) is 0 Å². The molecule has 1 aromatic heterocycles. The molecule has 3 N–H and O–H groups in total. The Balaban J connectivity index is 1.70. The molecule has 30 heavy (non-hydrogen) atoms. The number of benzene rings is 1. The first-order valence-corrected chi connectivity index (χ1v) is 10.8. The van der Waals surface area contributed by atoms with Crippen LogP contribution in [0.25, 0.3) is 0 Å². The lowest BCUT2D eigenvalue weighted by atomic mass is 10.2. The number of aromatic nitrogens is 3. The minimum atomic E-state index is -0.495. The summed E-state index contributed by atoms with van der Waals surface area (Å²) in [6, 6.07) is 4.58. The van der Waals surface area contributed by atoms with Crippen molar-refractivity contribution in [2.45, 2.75) is 62.6 Å². The number of nitrogens with zero attached hydrogens (tertiary/aromatic N) is 3. The largest absolute Gasteiger partial charge is 0.376 e. The van der Waals surface area contributed by atoms with Gasteiger partial charge in [-0.05, 0) is 44.4 Å². The van der Waals surface area contributed by atoms with Crippen molar-refractivity contribution in [3.05, 3.63) is 35.4 Å². The maximum Gasteiger partial charge on any atom is 0.237 e. The highest BCUT2D eigenvalue weighted by atomic mass is 32.2. The summed E-state index contributed by atoms with van der Waals surface area (Å²) >= 11 is 1.26. The lowest BCUT2D eigenvalue weighted by molar-refractivity contribution is -0.118. The van der Waals surface area contributed by atoms with Crippen LogP contribution in [0.3, 0.4) is 0 Å². The lowest BCUT2D eigenvalue weighted by Gasteiger charge is -2.16. The number of ether oxygens (including phenoxy) is 1. The third-order valence-electron chi connectivity index (χ3n) is 4.89. The average Bonchev–Trinajstić information content (AvgIpc) is 3.34. The van der Waals surface area contributed by atoms with Crippen LogP contribution in [0.5, 0.6) is 0 Å². The molecule has 1 aliphatic heterocycles. The number of carbonyl (C=O) groups is 2. The number of aryl methyl sites for hydroxylation is 2. The Labute approximate surface area is 178 Å². The molecular weight excluding hydrogens is 409 g/mol. The molecule has 8 nitrogen and oxygen atoms in total. The number of nitrogens with one attached hydrogen (secondary N) is 1. The van der Waals surface area contributed by atoms with Crippen molar-refractivity contribution in [2.24, 2.45) is 5.73 Å². The fraction of sp³-hybridized carbons (Fsp3) is 0.500. The molecule has 0 bridgehead atoms. The maximum absolute atomic E-state index is 13.7. The van der Waals surface area contributed by atoms with E-state index in [4.69, 9.17) is 10.5 Å². The summed E-state index contributed by atoms with van der Waals surface area (Å²) < 4.78 is 21.4. The molecule has 2 heterocycles. The smallest absolute Gasteiger partial charge is 0.237 e. The van der Waals surface area contributed by atoms with Crippen molar-refractivity contribution in [1.29, 1.82) is 0 Å². The zero-order valence-electron chi connectivity index (χ0n) is 17.1. The number of carbonyl (C=O) groups excluding carboxylic acids is 2. The molecule has 3 rings (SSSR count). The van der Waals surface area contributed by atoms with Crippen molar-refractivity contribution in [2.75, 3.05) is 11.9 Å². The van der Waals surface area contributed by atoms with E-state index in [1.54, 1.807) is 26.0 Å². The van der Waals surface area contributed by atoms with Crippen LogP contribution in [-0.2, 0) is 27.3 Å². The molecule has 1 aliphatic rings. The van der Waals surface area contributed by atoms with E-state index in [1.807, 2.05) is 4.57 Å². The zero-order valence-corrected chi connectivity index (χ0v) is 17.9. The number of primary amides is 1. The molecule has 0 saturated carbocycles. The van der Waals surface area contributed by atoms with E-state index in [0.29, 0.717) is 35.2 Å². The van der Waals surface area contributed by atoms with Crippen LogP contribution in [-0.4, -0.2) is 44.5 Å². The highest BCUT2D eigenvalue weighted by molar-refractivity contribution is 8.00. The summed E-state index contributed by atoms with van der Waals surface area (Å²) in [4.78, 5) is 23.8. The Morgan fingerprint density at radius 2 is 2.23 bits per heavy atom. The minimum Gasteiger partial charge on any atom is -0.376 e. The molecule has 0 aliphatic carbocycles. The van der Waals surface area contributed by atoms with Crippen LogP contribution >= 0.6 is 11.8 Å². The highest BCUT2D eigenvalue weighted by Crippen LogP contribution is 2.26. The van der Waals surface area contributed by atoms with Gasteiger partial charge in [0.1, 0.15) is 11.6 Å². The molecule has 0 radical (unpaired) electrons. The summed E-state index contributed by atoms with van der Waals surface area (Å²) in [5, 5.41) is 11.2. The number of thioether (sulfide) groups is 1. The van der Waals surface area contributed by atoms with E-state index in [0.717, 1.165) is 19.4 Å². The van der Waals surface area contributed by atoms with Crippen molar-refractivity contribution >= 4 is 29.3 Å². The van der Waals surface area contributed by atoms with Gasteiger partial charge in [-0.2, -0.15) is 0 Å². The van der Waals surface area contributed by atoms with E-state index in [9.17, 15) is 14.0 Å². The lowest BCUT2D eigenvalue weighted by Crippen LogP contribution is -2.24. The third kappa shape index (κ3) is 5.79. The van der Waals surface area contributed by atoms with Gasteiger partial charge in [-0.25, -0.2) is 4.39 Å². The Bertz CT molecular complexity index is 914. The number of hydrogen-bond donors (Lipinski definition) is 2. The number of anilines is 1. The van der Waals surface area contributed by atoms with Crippen LogP contribution in [0.4, 0.5) is 10.1 Å². The fourth-order valence-corrected chi connectivity index (χ4v) is 4.00. The van der Waals surface area contributed by atoms with Gasteiger partial charge in [0, 0.05) is 25.1 Å². The second-order valence-electron chi connectivity index (χ2n) is 7.32. The molecule has 2 amide bonds. The molecule has 1 aromatic carbocycles. The topological polar surface area (TPSA) is 112 Å². The molecule has 1 fully saturated rings. The average molecular weight is 436 g/mol. The van der Waals surface area contributed by atoms with Gasteiger partial charge in [0.05, 0.1) is 17.9 Å². The number of rotatable bonds is 9. The molecule has 10 heteroatoms. The summed E-state index contributed by atoms with van der Waals surface area (Å²) in [7, 11) is 0. The zero-order chi connectivity index (χ0) is 21.7. The van der Waals surface area contributed by atoms with E-state index in [1.165, 1.54) is 17.8 Å². The number of hydrogen-bond acceptors (Lipinski definition) is 6. The molecule has 1 saturated heterocycles. The second-order valence-corrected chi connectivity index (χ2v) is 8.63. The maximum atomic E-state index is 13.7. The van der Waals surface area contributed by atoms with Crippen LogP contribution in [0.1, 0.15) is 37.6 Å². The van der Waals surface area contributed by atoms with Crippen molar-refractivity contribution in [3.8, 4) is 0 Å². The third-order valence-corrected chi connectivity index (χ3v) is 5.97. The van der Waals surface area contributed by atoms with Gasteiger partial charge < -0.3 is 20.4 Å². The number of nitrogens with two attached hydrogens (primary N) is 1. The van der Waals surface area contributed by atoms with E-state index in [-0.39, 0.29) is 24.2 Å². The van der Waals surface area contributed by atoms with Crippen LogP contribution in [0.15, 0.2) is 23.4 Å². The number of halogens is 1. The Morgan fingerprint density at radius 3 is 2.90 bits per heavy atom. The van der Waals surface area contributed by atoms with Gasteiger partial charge in [-0.1, -0.05) is 17.8 Å². The van der Waals surface area contributed by atoms with E-state index >= 15 is 0 Å². The molecule has 2 atom stereocenters. The summed E-state index contributed by atoms with van der Waals surface area (Å²) in [6.07, 6.45) is 2.53. The molecule has 0 unspecified atom stereocenters. The first-order chi connectivity index (χ1) is 14.3. The van der Waals surface area contributed by atoms with Gasteiger partial charge >= 0.3 is 0 Å². The molecule has 0 spiro atoms. The molecule has 2 aromatic rings. The van der Waals surface area contributed by atoms with Crippen molar-refractivity contribution < 1.29 is 18.7 Å². The van der Waals surface area contributed by atoms with Gasteiger partial charge in [-0.3, -0.25) is 9.59 Å². The Hall–Kier alpha value is -2.46. The van der Waals surface area contributed by atoms with E-state index in [2.05, 4.69) is 15.5 Å². The summed E-state index contributed by atoms with van der Waals surface area (Å²) in [6.45, 7) is 4.69. The van der Waals surface area contributed by atoms with Crippen LogP contribution < -0.4 is 11.1 Å². The van der Waals surface area contributed by atoms with E-state index < -0.39 is 11.2 Å². The predicted octanol–water partition coefficient (Wildman–Crippen LogP) is 2.44. The van der Waals surface area contributed by atoms with Crippen molar-refractivity contribution in [1.82, 2.24) is 14.8 Å². The van der Waals surface area contributed by atoms with Gasteiger partial charge in [0.2, 0.25) is 11.8 Å². The standard InChI is InChI=1S/C20H26FN5O3S/c1-12-5-6-14(10-16(12)21)23-19(28)13(2)30-20-25-24-18(8-7-17(22)27)26(20)11-15-4-3-9-29-15/h5-6,10,13,15H,3-4,7-9,11H2,1-2H3,(H2,22,27)(H,23,28)/t13-,15+/m1/s1. The SMILES string of the molecule is Cc1ccc(NC(=O)[C@@H](C)Sc2nnc(CCC(N)=O)n2C[C@@H]2CCCO2)cc1F. The normalized spacial score (nSPS) is 17.1. The first-order valence-electron chi connectivity index (χ1n) is 9.89. The highest BCUT2D eigenvalue weighted by Gasteiger charge is 2.24. The van der Waals surface area contributed by atoms with Gasteiger partial charge in [0.15, 0.2) is 5.16 Å². The predicted molar refractivity (Wildman–Crippen MR) is 112 cm³/mol. The molecule has 162 valence electrons. The number of amides is 2. The van der Waals surface area contributed by atoms with Crippen molar-refractivity contribution in [3.63, 3.8) is 0 Å². The van der Waals surface area contributed by atoms with Crippen LogP contribution in [0.2, 0.25) is 0 Å². The quantitative estimate of drug-likeness (QED) is 0.585. The van der Waals surface area contributed by atoms with Crippen LogP contribution in [0, 0.1) is 12.7 Å². The summed E-state index contributed by atoms with van der Waals surface area (Å²) in [5.74, 6) is -0.411. The Morgan fingerprint density at radius 1 is 1.43 bits per heavy atom. The monoisotopic (exact) mass is 435 g/mol. The first kappa shape index (κ1) is 22.2. The summed E-state index contributed by atoms with van der Waals surface area (Å²) in [5.41, 5.74) is 6.18. The fourth-order valence-electron chi connectivity index (χ4n) is 3.13. The Kier molecular flexibility index (Phi) is 7.43. The second kappa shape index (κ2) is 10.0. The van der Waals surface area contributed by atoms with Gasteiger partial charge in [-0.15, -0.1) is 10.2 Å². The molecular formula is C20H26FN5O3S. The minimum absolute atomic E-state index is 0.0485.